The molecule has 2 fully saturated rings. The van der Waals surface area contributed by atoms with Gasteiger partial charge in [0.05, 0.1) is 0 Å². The highest BCUT2D eigenvalue weighted by Crippen LogP contribution is 2.33. The molecule has 0 radical (unpaired) electrons. The van der Waals surface area contributed by atoms with E-state index in [1.807, 2.05) is 0 Å². The summed E-state index contributed by atoms with van der Waals surface area (Å²) in [6, 6.07) is 2.12. The number of hydrogen-bond donors (Lipinski definition) is 1. The second kappa shape index (κ2) is 4.66. The van der Waals surface area contributed by atoms with Gasteiger partial charge in [-0.05, 0) is 32.7 Å². The van der Waals surface area contributed by atoms with Crippen LogP contribution in [0.3, 0.4) is 0 Å². The van der Waals surface area contributed by atoms with Gasteiger partial charge in [-0.3, -0.25) is 0 Å². The zero-order chi connectivity index (χ0) is 7.14. The lowest BCUT2D eigenvalue weighted by molar-refractivity contribution is 0.163. The Bertz CT molecular complexity index is 129. The van der Waals surface area contributed by atoms with E-state index >= 15 is 0 Å². The molecule has 0 unspecified atom stereocenters. The fourth-order valence-corrected chi connectivity index (χ4v) is 2.45. The lowest BCUT2D eigenvalue weighted by atomic mass is 9.99. The minimum atomic E-state index is 0. The minimum Gasteiger partial charge on any atom is -0.328 e. The summed E-state index contributed by atoms with van der Waals surface area (Å²) in [6.07, 6.45) is 5.23. The molecule has 2 bridgehead atoms. The van der Waals surface area contributed by atoms with Crippen LogP contribution in [0, 0.1) is 0 Å². The number of nitrogens with two attached hydrogens (primary N) is 1. The topological polar surface area (TPSA) is 29.3 Å². The molecule has 0 aromatic rings. The third-order valence-electron chi connectivity index (χ3n) is 3.13. The number of nitrogens with zero attached hydrogens (tertiary/aromatic N) is 1. The van der Waals surface area contributed by atoms with Gasteiger partial charge >= 0.3 is 0 Å². The van der Waals surface area contributed by atoms with Gasteiger partial charge in [-0.1, -0.05) is 0 Å². The zero-order valence-corrected chi connectivity index (χ0v) is 9.03. The van der Waals surface area contributed by atoms with Crippen molar-refractivity contribution in [2.45, 2.75) is 43.8 Å². The quantitative estimate of drug-likeness (QED) is 0.659. The molecular weight excluding hydrogens is 195 g/mol. The molecule has 4 heteroatoms. The Kier molecular flexibility index (Phi) is 4.85. The van der Waals surface area contributed by atoms with Crippen LogP contribution in [0.2, 0.25) is 0 Å². The summed E-state index contributed by atoms with van der Waals surface area (Å²) < 4.78 is 0. The summed E-state index contributed by atoms with van der Waals surface area (Å²) in [7, 11) is 2.24. The molecule has 0 spiro atoms. The van der Waals surface area contributed by atoms with E-state index in [-0.39, 0.29) is 24.8 Å². The highest BCUT2D eigenvalue weighted by molar-refractivity contribution is 5.85. The first-order chi connectivity index (χ1) is 4.77. The SMILES string of the molecule is CN1[C@@H]2CC[C@H]1C[C@H](N)C2.Cl.Cl. The third kappa shape index (κ3) is 2.05. The number of rotatable bonds is 0. The average Bonchev–Trinajstić information content (AvgIpc) is 2.20. The maximum Gasteiger partial charge on any atom is 0.0110 e. The van der Waals surface area contributed by atoms with Gasteiger partial charge in [0.1, 0.15) is 0 Å². The highest BCUT2D eigenvalue weighted by Gasteiger charge is 2.36. The lowest BCUT2D eigenvalue weighted by Crippen LogP contribution is -2.45. The monoisotopic (exact) mass is 212 g/mol. The van der Waals surface area contributed by atoms with Gasteiger partial charge in [0.15, 0.2) is 0 Å². The van der Waals surface area contributed by atoms with Crippen molar-refractivity contribution >= 4 is 24.8 Å². The van der Waals surface area contributed by atoms with Crippen LogP contribution in [0.15, 0.2) is 0 Å². The second-order valence-corrected chi connectivity index (χ2v) is 3.78. The van der Waals surface area contributed by atoms with Crippen molar-refractivity contribution in [1.29, 1.82) is 0 Å². The van der Waals surface area contributed by atoms with Crippen LogP contribution in [-0.4, -0.2) is 30.1 Å². The van der Waals surface area contributed by atoms with E-state index in [0.717, 1.165) is 12.1 Å². The van der Waals surface area contributed by atoms with Crippen LogP contribution >= 0.6 is 24.8 Å². The third-order valence-corrected chi connectivity index (χ3v) is 3.13. The standard InChI is InChI=1S/C8H16N2.2ClH/c1-10-7-2-3-8(10)5-6(9)4-7;;/h6-8H,2-5,9H2,1H3;2*1H/t6-,7-,8+;;. The molecule has 2 aliphatic heterocycles. The second-order valence-electron chi connectivity index (χ2n) is 3.78. The van der Waals surface area contributed by atoms with Crippen molar-refractivity contribution in [3.8, 4) is 0 Å². The Hall–Kier alpha value is 0.500. The fraction of sp³-hybridized carbons (Fsp3) is 1.00. The van der Waals surface area contributed by atoms with Gasteiger partial charge in [-0.15, -0.1) is 24.8 Å². The number of hydrogen-bond acceptors (Lipinski definition) is 2. The summed E-state index contributed by atoms with van der Waals surface area (Å²) in [4.78, 5) is 2.52. The molecule has 0 aromatic carbocycles. The van der Waals surface area contributed by atoms with E-state index in [2.05, 4.69) is 11.9 Å². The molecule has 0 amide bonds. The van der Waals surface area contributed by atoms with Gasteiger partial charge in [0.2, 0.25) is 0 Å². The normalized spacial score (nSPS) is 40.0. The smallest absolute Gasteiger partial charge is 0.0110 e. The van der Waals surface area contributed by atoms with E-state index in [1.54, 1.807) is 0 Å². The van der Waals surface area contributed by atoms with Crippen molar-refractivity contribution in [2.24, 2.45) is 5.73 Å². The maximum atomic E-state index is 5.89. The lowest BCUT2D eigenvalue weighted by Gasteiger charge is -2.34. The van der Waals surface area contributed by atoms with Crippen LogP contribution in [0.25, 0.3) is 0 Å². The molecule has 12 heavy (non-hydrogen) atoms. The van der Waals surface area contributed by atoms with Crippen molar-refractivity contribution in [3.63, 3.8) is 0 Å². The Labute approximate surface area is 86.7 Å². The summed E-state index contributed by atoms with van der Waals surface area (Å²) in [6.45, 7) is 0. The average molecular weight is 213 g/mol. The van der Waals surface area contributed by atoms with Gasteiger partial charge in [0, 0.05) is 18.1 Å². The molecule has 2 N–H and O–H groups in total. The largest absolute Gasteiger partial charge is 0.328 e. The van der Waals surface area contributed by atoms with Gasteiger partial charge in [0.25, 0.3) is 0 Å². The maximum absolute atomic E-state index is 5.89. The van der Waals surface area contributed by atoms with Gasteiger partial charge in [-0.2, -0.15) is 0 Å². The van der Waals surface area contributed by atoms with Crippen LogP contribution in [0.4, 0.5) is 0 Å². The van der Waals surface area contributed by atoms with E-state index in [1.165, 1.54) is 25.7 Å². The molecule has 0 saturated carbocycles. The summed E-state index contributed by atoms with van der Waals surface area (Å²) >= 11 is 0. The first-order valence-corrected chi connectivity index (χ1v) is 4.25. The Morgan fingerprint density at radius 2 is 1.50 bits per heavy atom. The molecule has 2 rings (SSSR count). The van der Waals surface area contributed by atoms with Crippen molar-refractivity contribution in [1.82, 2.24) is 4.90 Å². The minimum absolute atomic E-state index is 0. The molecule has 2 nitrogen and oxygen atoms in total. The van der Waals surface area contributed by atoms with Crippen molar-refractivity contribution in [2.75, 3.05) is 7.05 Å². The Morgan fingerprint density at radius 3 is 1.92 bits per heavy atom. The Morgan fingerprint density at radius 1 is 1.08 bits per heavy atom. The van der Waals surface area contributed by atoms with Crippen molar-refractivity contribution in [3.05, 3.63) is 0 Å². The molecule has 2 heterocycles. The van der Waals surface area contributed by atoms with Gasteiger partial charge in [-0.25, -0.2) is 0 Å². The van der Waals surface area contributed by atoms with Crippen LogP contribution in [0.1, 0.15) is 25.7 Å². The van der Waals surface area contributed by atoms with Crippen molar-refractivity contribution < 1.29 is 0 Å². The summed E-state index contributed by atoms with van der Waals surface area (Å²) in [5.41, 5.74) is 5.89. The fourth-order valence-electron chi connectivity index (χ4n) is 2.45. The predicted molar refractivity (Wildman–Crippen MR) is 56.3 cm³/mol. The van der Waals surface area contributed by atoms with E-state index < -0.39 is 0 Å². The Balaban J connectivity index is 0.000000605. The molecule has 0 aliphatic carbocycles. The van der Waals surface area contributed by atoms with Crippen LogP contribution in [0.5, 0.6) is 0 Å². The first kappa shape index (κ1) is 12.5. The molecule has 3 atom stereocenters. The van der Waals surface area contributed by atoms with Crippen LogP contribution in [-0.2, 0) is 0 Å². The molecule has 2 aliphatic rings. The predicted octanol–water partition coefficient (Wildman–Crippen LogP) is 1.41. The molecular formula is C8H18Cl2N2. The summed E-state index contributed by atoms with van der Waals surface area (Å²) in [5, 5.41) is 0. The molecule has 2 saturated heterocycles. The van der Waals surface area contributed by atoms with Gasteiger partial charge < -0.3 is 10.6 Å². The number of halogens is 2. The first-order valence-electron chi connectivity index (χ1n) is 4.25. The zero-order valence-electron chi connectivity index (χ0n) is 7.40. The number of fused-ring (bicyclic) bond motifs is 2. The van der Waals surface area contributed by atoms with E-state index in [0.29, 0.717) is 6.04 Å². The highest BCUT2D eigenvalue weighted by atomic mass is 35.5. The molecule has 0 aromatic heterocycles. The summed E-state index contributed by atoms with van der Waals surface area (Å²) in [5.74, 6) is 0. The molecule has 74 valence electrons. The van der Waals surface area contributed by atoms with E-state index in [4.69, 9.17) is 5.73 Å². The van der Waals surface area contributed by atoms with E-state index in [9.17, 15) is 0 Å². The van der Waals surface area contributed by atoms with Crippen LogP contribution < -0.4 is 5.73 Å². The number of piperidine rings is 1.